The molecule has 0 saturated heterocycles. The highest BCUT2D eigenvalue weighted by atomic mass is 16.5. The molecule has 0 bridgehead atoms. The van der Waals surface area contributed by atoms with Gasteiger partial charge in [0.2, 0.25) is 0 Å². The van der Waals surface area contributed by atoms with Crippen LogP contribution in [0.25, 0.3) is 11.3 Å². The van der Waals surface area contributed by atoms with Crippen LogP contribution in [0.1, 0.15) is 37.3 Å². The topological polar surface area (TPSA) is 69.7 Å². The minimum absolute atomic E-state index is 0.0354. The van der Waals surface area contributed by atoms with Gasteiger partial charge in [0.05, 0.1) is 11.8 Å². The van der Waals surface area contributed by atoms with Crippen LogP contribution in [0.4, 0.5) is 0 Å². The second-order valence-corrected chi connectivity index (χ2v) is 8.64. The molecule has 2 heterocycles. The second-order valence-electron chi connectivity index (χ2n) is 8.64. The molecule has 28 heavy (non-hydrogen) atoms. The number of hydrogen-bond donors (Lipinski definition) is 1. The predicted molar refractivity (Wildman–Crippen MR) is 109 cm³/mol. The number of aliphatic imine (C=N–C) groups is 1. The van der Waals surface area contributed by atoms with Gasteiger partial charge in [-0.05, 0) is 60.9 Å². The fourth-order valence-corrected chi connectivity index (χ4v) is 5.88. The lowest BCUT2D eigenvalue weighted by Gasteiger charge is -2.47. The number of aromatic nitrogens is 1. The maximum Gasteiger partial charge on any atom is 0.283 e. The van der Waals surface area contributed by atoms with Crippen molar-refractivity contribution in [2.75, 3.05) is 13.7 Å². The fourth-order valence-electron chi connectivity index (χ4n) is 5.88. The molecule has 0 radical (unpaired) electrons. The van der Waals surface area contributed by atoms with Gasteiger partial charge in [-0.2, -0.15) is 0 Å². The van der Waals surface area contributed by atoms with Crippen molar-refractivity contribution in [1.29, 1.82) is 0 Å². The van der Waals surface area contributed by atoms with Gasteiger partial charge in [0.15, 0.2) is 0 Å². The minimum atomic E-state index is -0.399. The van der Waals surface area contributed by atoms with Crippen LogP contribution in [0.5, 0.6) is 0 Å². The Morgan fingerprint density at radius 2 is 2.14 bits per heavy atom. The maximum absolute atomic E-state index is 6.06. The molecule has 1 aromatic heterocycles. The van der Waals surface area contributed by atoms with Crippen molar-refractivity contribution in [3.63, 3.8) is 0 Å². The molecule has 146 valence electrons. The highest BCUT2D eigenvalue weighted by Gasteiger charge is 2.62. The first-order valence-electron chi connectivity index (χ1n) is 10.1. The summed E-state index contributed by atoms with van der Waals surface area (Å²) in [5.41, 5.74) is 10.4. The van der Waals surface area contributed by atoms with E-state index in [9.17, 15) is 0 Å². The van der Waals surface area contributed by atoms with Crippen LogP contribution in [0, 0.1) is 11.3 Å². The van der Waals surface area contributed by atoms with Crippen LogP contribution >= 0.6 is 0 Å². The van der Waals surface area contributed by atoms with Gasteiger partial charge in [-0.15, -0.1) is 0 Å². The molecule has 5 heteroatoms. The first kappa shape index (κ1) is 17.7. The van der Waals surface area contributed by atoms with E-state index in [0.717, 1.165) is 36.9 Å². The van der Waals surface area contributed by atoms with Gasteiger partial charge in [0.25, 0.3) is 6.02 Å². The van der Waals surface area contributed by atoms with Gasteiger partial charge in [-0.1, -0.05) is 25.1 Å². The van der Waals surface area contributed by atoms with E-state index in [1.165, 1.54) is 11.1 Å². The van der Waals surface area contributed by atoms with Crippen molar-refractivity contribution in [3.8, 4) is 11.3 Å². The lowest BCUT2D eigenvalue weighted by atomic mass is 9.59. The zero-order chi connectivity index (χ0) is 19.4. The van der Waals surface area contributed by atoms with E-state index in [-0.39, 0.29) is 5.41 Å². The SMILES string of the molecule is CO[C@H]1CC[C@@]2(Cc3ccc(-c4ccccn4)cc3[C@@]23COC(N)=N3)C[C@@H]1C. The molecule has 2 spiro atoms. The molecule has 0 amide bonds. The molecular formula is C23H27N3O2. The average Bonchev–Trinajstić information content (AvgIpc) is 3.22. The smallest absolute Gasteiger partial charge is 0.283 e. The molecule has 0 unspecified atom stereocenters. The number of methoxy groups -OCH3 is 1. The zero-order valence-electron chi connectivity index (χ0n) is 16.5. The van der Waals surface area contributed by atoms with Crippen LogP contribution < -0.4 is 5.73 Å². The van der Waals surface area contributed by atoms with Crippen molar-refractivity contribution in [2.45, 2.75) is 44.2 Å². The van der Waals surface area contributed by atoms with E-state index in [1.807, 2.05) is 31.5 Å². The van der Waals surface area contributed by atoms with Gasteiger partial charge >= 0.3 is 0 Å². The first-order chi connectivity index (χ1) is 13.6. The summed E-state index contributed by atoms with van der Waals surface area (Å²) >= 11 is 0. The number of hydrogen-bond acceptors (Lipinski definition) is 5. The Bertz CT molecular complexity index is 929. The summed E-state index contributed by atoms with van der Waals surface area (Å²) in [4.78, 5) is 9.50. The molecule has 5 nitrogen and oxygen atoms in total. The zero-order valence-corrected chi connectivity index (χ0v) is 16.5. The molecule has 4 atom stereocenters. The van der Waals surface area contributed by atoms with Gasteiger partial charge in [0.1, 0.15) is 12.1 Å². The highest BCUT2D eigenvalue weighted by molar-refractivity contribution is 5.75. The van der Waals surface area contributed by atoms with Gasteiger partial charge in [0, 0.05) is 24.3 Å². The lowest BCUT2D eigenvalue weighted by molar-refractivity contribution is -0.0445. The van der Waals surface area contributed by atoms with Crippen LogP contribution in [-0.2, 0) is 21.4 Å². The van der Waals surface area contributed by atoms with Crippen molar-refractivity contribution in [3.05, 3.63) is 53.7 Å². The van der Waals surface area contributed by atoms with Crippen LogP contribution in [0.3, 0.4) is 0 Å². The molecule has 1 aliphatic heterocycles. The van der Waals surface area contributed by atoms with E-state index in [2.05, 4.69) is 30.1 Å². The second kappa shape index (κ2) is 6.31. The van der Waals surface area contributed by atoms with Gasteiger partial charge in [-0.25, -0.2) is 4.99 Å². The number of benzene rings is 1. The Balaban J connectivity index is 1.62. The van der Waals surface area contributed by atoms with E-state index >= 15 is 0 Å². The van der Waals surface area contributed by atoms with Gasteiger partial charge < -0.3 is 15.2 Å². The van der Waals surface area contributed by atoms with E-state index in [1.54, 1.807) is 0 Å². The Kier molecular flexibility index (Phi) is 3.98. The molecular weight excluding hydrogens is 350 g/mol. The summed E-state index contributed by atoms with van der Waals surface area (Å²) < 4.78 is 11.5. The predicted octanol–water partition coefficient (Wildman–Crippen LogP) is 3.67. The van der Waals surface area contributed by atoms with Crippen molar-refractivity contribution in [2.24, 2.45) is 22.1 Å². The molecule has 1 fully saturated rings. The molecule has 1 aromatic carbocycles. The number of fused-ring (bicyclic) bond motifs is 3. The molecule has 2 aromatic rings. The summed E-state index contributed by atoms with van der Waals surface area (Å²) in [6, 6.07) is 13.0. The quantitative estimate of drug-likeness (QED) is 0.867. The maximum atomic E-state index is 6.06. The average molecular weight is 377 g/mol. The molecule has 5 rings (SSSR count). The Morgan fingerprint density at radius 1 is 1.25 bits per heavy atom. The molecule has 2 N–H and O–H groups in total. The van der Waals surface area contributed by atoms with E-state index < -0.39 is 5.54 Å². The van der Waals surface area contributed by atoms with Gasteiger partial charge in [-0.3, -0.25) is 4.98 Å². The summed E-state index contributed by atoms with van der Waals surface area (Å²) in [6.45, 7) is 2.83. The monoisotopic (exact) mass is 377 g/mol. The fraction of sp³-hybridized carbons (Fsp3) is 0.478. The van der Waals surface area contributed by atoms with Crippen LogP contribution in [0.15, 0.2) is 47.6 Å². The third-order valence-electron chi connectivity index (χ3n) is 7.21. The molecule has 3 aliphatic rings. The summed E-state index contributed by atoms with van der Waals surface area (Å²) in [5.74, 6) is 0.484. The lowest BCUT2D eigenvalue weighted by Crippen LogP contribution is -2.48. The number of ether oxygens (including phenoxy) is 2. The summed E-state index contributed by atoms with van der Waals surface area (Å²) in [5, 5.41) is 0. The Labute approximate surface area is 166 Å². The van der Waals surface area contributed by atoms with Crippen LogP contribution in [0.2, 0.25) is 0 Å². The first-order valence-corrected chi connectivity index (χ1v) is 10.1. The van der Waals surface area contributed by atoms with E-state index in [0.29, 0.717) is 24.7 Å². The number of rotatable bonds is 2. The normalized spacial score (nSPS) is 33.7. The van der Waals surface area contributed by atoms with Crippen LogP contribution in [-0.4, -0.2) is 30.8 Å². The number of nitrogens with zero attached hydrogens (tertiary/aromatic N) is 2. The Hall–Kier alpha value is -2.40. The van der Waals surface area contributed by atoms with Crippen molar-refractivity contribution >= 4 is 6.02 Å². The molecule has 1 saturated carbocycles. The van der Waals surface area contributed by atoms with Crippen molar-refractivity contribution in [1.82, 2.24) is 4.98 Å². The largest absolute Gasteiger partial charge is 0.462 e. The summed E-state index contributed by atoms with van der Waals surface area (Å²) in [6.07, 6.45) is 6.37. The van der Waals surface area contributed by atoms with E-state index in [4.69, 9.17) is 20.2 Å². The third-order valence-corrected chi connectivity index (χ3v) is 7.21. The highest BCUT2D eigenvalue weighted by Crippen LogP contribution is 2.62. The van der Waals surface area contributed by atoms with Crippen molar-refractivity contribution < 1.29 is 9.47 Å². The standard InChI is InChI=1S/C23H27N3O2/c1-15-12-22(9-8-20(15)27-2)13-17-7-6-16(19-5-3-4-10-25-19)11-18(17)23(22)14-28-21(24)26-23/h3-7,10-11,15,20H,8-9,12-14H2,1-2H3,(H2,24,26)/t15-,20-,22-,23-/m0/s1. The summed E-state index contributed by atoms with van der Waals surface area (Å²) in [7, 11) is 1.83. The molecule has 2 aliphatic carbocycles. The minimum Gasteiger partial charge on any atom is -0.462 e. The number of pyridine rings is 1. The number of nitrogens with two attached hydrogens (primary N) is 1. The Morgan fingerprint density at radius 3 is 2.82 bits per heavy atom. The number of amidine groups is 1. The third kappa shape index (κ3) is 2.42.